The van der Waals surface area contributed by atoms with E-state index < -0.39 is 23.7 Å². The molecule has 0 radical (unpaired) electrons. The zero-order chi connectivity index (χ0) is 20.1. The fraction of sp³-hybridized carbons (Fsp3) is 0.300. The molecule has 8 heteroatoms. The molecule has 2 aliphatic heterocycles. The second-order valence-electron chi connectivity index (χ2n) is 6.95. The Morgan fingerprint density at radius 2 is 2.04 bits per heavy atom. The van der Waals surface area contributed by atoms with Gasteiger partial charge in [-0.25, -0.2) is 0 Å². The Kier molecular flexibility index (Phi) is 4.80. The van der Waals surface area contributed by atoms with E-state index in [1.54, 1.807) is 29.2 Å². The number of rotatable bonds is 4. The van der Waals surface area contributed by atoms with E-state index in [1.807, 2.05) is 18.2 Å². The number of hydrogen-bond acceptors (Lipinski definition) is 5. The fourth-order valence-corrected chi connectivity index (χ4v) is 4.82. The maximum absolute atomic E-state index is 13.5. The van der Waals surface area contributed by atoms with E-state index in [-0.39, 0.29) is 18.9 Å². The molecule has 1 fully saturated rings. The first-order chi connectivity index (χ1) is 13.4. The highest BCUT2D eigenvalue weighted by Gasteiger charge is 2.59. The molecule has 2 heterocycles. The van der Waals surface area contributed by atoms with Crippen LogP contribution in [0.15, 0.2) is 42.5 Å². The van der Waals surface area contributed by atoms with Crippen molar-refractivity contribution < 1.29 is 24.5 Å². The number of halogens is 1. The molecule has 0 spiro atoms. The van der Waals surface area contributed by atoms with E-state index in [0.29, 0.717) is 22.6 Å². The maximum atomic E-state index is 13.5. The monoisotopic (exact) mass is 494 g/mol. The number of aliphatic hydroxyl groups is 1. The van der Waals surface area contributed by atoms with Gasteiger partial charge in [-0.1, -0.05) is 18.2 Å². The lowest BCUT2D eigenvalue weighted by molar-refractivity contribution is -0.145. The summed E-state index contributed by atoms with van der Waals surface area (Å²) in [6, 6.07) is 11.7. The number of likely N-dealkylation sites (tertiary alicyclic amines) is 1. The third-order valence-corrected chi connectivity index (χ3v) is 6.11. The summed E-state index contributed by atoms with van der Waals surface area (Å²) in [5.74, 6) is -0.943. The van der Waals surface area contributed by atoms with Gasteiger partial charge in [-0.05, 0) is 46.9 Å². The molecular weight excluding hydrogens is 475 g/mol. The lowest BCUT2D eigenvalue weighted by Crippen LogP contribution is -2.56. The Morgan fingerprint density at radius 3 is 2.75 bits per heavy atom. The highest BCUT2D eigenvalue weighted by Crippen LogP contribution is 2.50. The van der Waals surface area contributed by atoms with Crippen LogP contribution in [0.25, 0.3) is 0 Å². The number of benzene rings is 2. The van der Waals surface area contributed by atoms with Gasteiger partial charge in [0, 0.05) is 33.4 Å². The molecule has 0 bridgehead atoms. The van der Waals surface area contributed by atoms with Crippen molar-refractivity contribution in [2.24, 2.45) is 0 Å². The van der Waals surface area contributed by atoms with Crippen molar-refractivity contribution in [3.05, 3.63) is 57.2 Å². The number of aliphatic carboxylic acids is 1. The van der Waals surface area contributed by atoms with E-state index in [9.17, 15) is 19.8 Å². The number of β-amino-alcohol motifs (C(OH)–C–C–N with tert-alkyl or cyclic N) is 1. The molecule has 2 aromatic rings. The van der Waals surface area contributed by atoms with Crippen molar-refractivity contribution in [2.75, 3.05) is 19.0 Å². The minimum atomic E-state index is -1.41. The van der Waals surface area contributed by atoms with Crippen LogP contribution in [-0.4, -0.2) is 52.8 Å². The number of ether oxygens (including phenoxy) is 1. The minimum Gasteiger partial charge on any atom is -0.496 e. The number of methoxy groups -OCH3 is 1. The van der Waals surface area contributed by atoms with E-state index in [4.69, 9.17) is 4.74 Å². The van der Waals surface area contributed by atoms with Gasteiger partial charge < -0.3 is 20.3 Å². The van der Waals surface area contributed by atoms with Gasteiger partial charge >= 0.3 is 5.97 Å². The zero-order valence-corrected chi connectivity index (χ0v) is 17.2. The molecule has 0 saturated carbocycles. The third-order valence-electron chi connectivity index (χ3n) is 5.44. The van der Waals surface area contributed by atoms with Crippen LogP contribution in [-0.2, 0) is 15.1 Å². The van der Waals surface area contributed by atoms with Gasteiger partial charge in [-0.15, -0.1) is 0 Å². The van der Waals surface area contributed by atoms with Crippen molar-refractivity contribution in [1.29, 1.82) is 0 Å². The van der Waals surface area contributed by atoms with Crippen molar-refractivity contribution >= 4 is 40.2 Å². The molecular formula is C20H19IN2O5. The van der Waals surface area contributed by atoms with Gasteiger partial charge in [0.1, 0.15) is 11.8 Å². The summed E-state index contributed by atoms with van der Waals surface area (Å²) in [6.45, 7) is 0.0628. The Labute approximate surface area is 175 Å². The number of aliphatic hydroxyl groups excluding tert-OH is 1. The van der Waals surface area contributed by atoms with Crippen LogP contribution in [0.4, 0.5) is 5.69 Å². The fourth-order valence-electron chi connectivity index (χ4n) is 4.33. The molecule has 146 valence electrons. The highest BCUT2D eigenvalue weighted by molar-refractivity contribution is 14.1. The quantitative estimate of drug-likeness (QED) is 0.563. The smallest absolute Gasteiger partial charge is 0.321 e. The van der Waals surface area contributed by atoms with Crippen molar-refractivity contribution in [1.82, 2.24) is 4.90 Å². The molecule has 28 heavy (non-hydrogen) atoms. The standard InChI is InChI=1S/C20H19IN2O5/c1-28-17-5-3-2-4-13(17)20(23-10-12(24)9-16(23)18(25)26)14-8-11(21)6-7-15(14)22-19(20)27/h2-8,12,16,24H,9-10H2,1H3,(H,22,27)(H,25,26)/t12-,16+,20?/m1/s1. The van der Waals surface area contributed by atoms with Crippen LogP contribution >= 0.6 is 22.6 Å². The number of amides is 1. The lowest BCUT2D eigenvalue weighted by atomic mass is 9.81. The summed E-state index contributed by atoms with van der Waals surface area (Å²) in [5.41, 5.74) is 0.427. The average molecular weight is 494 g/mol. The largest absolute Gasteiger partial charge is 0.496 e. The van der Waals surface area contributed by atoms with Gasteiger partial charge in [-0.3, -0.25) is 14.5 Å². The number of carbonyl (C=O) groups excluding carboxylic acids is 1. The number of carbonyl (C=O) groups is 2. The lowest BCUT2D eigenvalue weighted by Gasteiger charge is -2.40. The number of carboxylic acid groups (broad SMARTS) is 1. The molecule has 2 aliphatic rings. The molecule has 0 aliphatic carbocycles. The van der Waals surface area contributed by atoms with Gasteiger partial charge in [0.25, 0.3) is 5.91 Å². The number of hydrogen-bond donors (Lipinski definition) is 3. The molecule has 4 rings (SSSR count). The average Bonchev–Trinajstić information content (AvgIpc) is 3.19. The zero-order valence-electron chi connectivity index (χ0n) is 15.1. The number of para-hydroxylation sites is 1. The Morgan fingerprint density at radius 1 is 1.29 bits per heavy atom. The summed E-state index contributed by atoms with van der Waals surface area (Å²) >= 11 is 2.17. The molecule has 1 amide bonds. The summed E-state index contributed by atoms with van der Waals surface area (Å²) in [7, 11) is 1.52. The van der Waals surface area contributed by atoms with Crippen LogP contribution in [0, 0.1) is 3.57 Å². The van der Waals surface area contributed by atoms with E-state index >= 15 is 0 Å². The van der Waals surface area contributed by atoms with Crippen LogP contribution in [0.2, 0.25) is 0 Å². The first-order valence-corrected chi connectivity index (χ1v) is 9.90. The molecule has 1 saturated heterocycles. The second-order valence-corrected chi connectivity index (χ2v) is 8.20. The molecule has 7 nitrogen and oxygen atoms in total. The predicted octanol–water partition coefficient (Wildman–Crippen LogP) is 2.02. The maximum Gasteiger partial charge on any atom is 0.321 e. The van der Waals surface area contributed by atoms with Gasteiger partial charge in [-0.2, -0.15) is 0 Å². The molecule has 0 aromatic heterocycles. The number of carboxylic acids is 1. The molecule has 1 unspecified atom stereocenters. The first-order valence-electron chi connectivity index (χ1n) is 8.82. The van der Waals surface area contributed by atoms with Crippen molar-refractivity contribution in [2.45, 2.75) is 24.1 Å². The number of anilines is 1. The first kappa shape index (κ1) is 19.2. The second kappa shape index (κ2) is 7.02. The molecule has 3 N–H and O–H groups in total. The Hall–Kier alpha value is -2.17. The number of nitrogens with one attached hydrogen (secondary N) is 1. The van der Waals surface area contributed by atoms with Gasteiger partial charge in [0.05, 0.1) is 13.2 Å². The topological polar surface area (TPSA) is 99.1 Å². The minimum absolute atomic E-state index is 0.0543. The number of nitrogens with zero attached hydrogens (tertiary/aromatic N) is 1. The van der Waals surface area contributed by atoms with Crippen LogP contribution < -0.4 is 10.1 Å². The third kappa shape index (κ3) is 2.70. The van der Waals surface area contributed by atoms with Crippen LogP contribution in [0.3, 0.4) is 0 Å². The SMILES string of the molecule is COc1ccccc1C1(N2C[C@H](O)C[C@H]2C(=O)O)C(=O)Nc2ccc(I)cc21. The number of fused-ring (bicyclic) bond motifs is 1. The van der Waals surface area contributed by atoms with E-state index in [0.717, 1.165) is 3.57 Å². The summed E-state index contributed by atoms with van der Waals surface area (Å²) < 4.78 is 6.46. The van der Waals surface area contributed by atoms with E-state index in [2.05, 4.69) is 27.9 Å². The van der Waals surface area contributed by atoms with Crippen molar-refractivity contribution in [3.8, 4) is 5.75 Å². The summed E-state index contributed by atoms with van der Waals surface area (Å²) in [4.78, 5) is 27.1. The molecule has 2 aromatic carbocycles. The normalized spacial score (nSPS) is 26.8. The summed E-state index contributed by atoms with van der Waals surface area (Å²) in [6.07, 6.45) is -0.786. The van der Waals surface area contributed by atoms with E-state index in [1.165, 1.54) is 7.11 Å². The Balaban J connectivity index is 2.05. The Bertz CT molecular complexity index is 965. The van der Waals surface area contributed by atoms with Crippen molar-refractivity contribution in [3.63, 3.8) is 0 Å². The predicted molar refractivity (Wildman–Crippen MR) is 110 cm³/mol. The highest BCUT2D eigenvalue weighted by atomic mass is 127. The van der Waals surface area contributed by atoms with Crippen LogP contribution in [0.5, 0.6) is 5.75 Å². The molecule has 3 atom stereocenters. The summed E-state index contributed by atoms with van der Waals surface area (Å²) in [5, 5.41) is 23.0. The van der Waals surface area contributed by atoms with Crippen LogP contribution in [0.1, 0.15) is 17.5 Å². The van der Waals surface area contributed by atoms with Gasteiger partial charge in [0.15, 0.2) is 5.54 Å². The van der Waals surface area contributed by atoms with Gasteiger partial charge in [0.2, 0.25) is 0 Å².